The molecule has 0 aliphatic carbocycles. The molecule has 70 valence electrons. The first-order valence-corrected chi connectivity index (χ1v) is 4.73. The van der Waals surface area contributed by atoms with Crippen LogP contribution in [0.5, 0.6) is 0 Å². The van der Waals surface area contributed by atoms with Gasteiger partial charge in [-0.2, -0.15) is 0 Å². The summed E-state index contributed by atoms with van der Waals surface area (Å²) in [7, 11) is 2.12. The van der Waals surface area contributed by atoms with Gasteiger partial charge in [-0.1, -0.05) is 0 Å². The number of hydrogen-bond acceptors (Lipinski definition) is 3. The van der Waals surface area contributed by atoms with E-state index < -0.39 is 0 Å². The van der Waals surface area contributed by atoms with Gasteiger partial charge in [0.2, 0.25) is 0 Å². The Morgan fingerprint density at radius 1 is 1.42 bits per heavy atom. The van der Waals surface area contributed by atoms with Crippen molar-refractivity contribution < 1.29 is 9.84 Å². The summed E-state index contributed by atoms with van der Waals surface area (Å²) >= 11 is 0. The highest BCUT2D eigenvalue weighted by molar-refractivity contribution is 4.96. The average Bonchev–Trinajstić information content (AvgIpc) is 2.41. The predicted molar refractivity (Wildman–Crippen MR) is 46.0 cm³/mol. The number of ether oxygens (including phenoxy) is 1. The number of piperidine rings is 1. The molecular weight excluding hydrogens is 154 g/mol. The number of rotatable bonds is 0. The molecule has 0 aromatic carbocycles. The Morgan fingerprint density at radius 2 is 2.08 bits per heavy atom. The molecule has 0 radical (unpaired) electrons. The quantitative estimate of drug-likeness (QED) is 0.566. The highest BCUT2D eigenvalue weighted by Crippen LogP contribution is 2.35. The van der Waals surface area contributed by atoms with Crippen molar-refractivity contribution in [2.24, 2.45) is 0 Å². The van der Waals surface area contributed by atoms with Crippen LogP contribution < -0.4 is 0 Å². The van der Waals surface area contributed by atoms with Crippen molar-refractivity contribution in [2.45, 2.75) is 31.0 Å². The third-order valence-corrected chi connectivity index (χ3v) is 3.22. The first kappa shape index (κ1) is 8.48. The Bertz CT molecular complexity index is 164. The smallest absolute Gasteiger partial charge is 0.0965 e. The van der Waals surface area contributed by atoms with Gasteiger partial charge in [-0.05, 0) is 26.3 Å². The molecule has 1 atom stereocenters. The Hall–Kier alpha value is -0.120. The molecule has 2 rings (SSSR count). The van der Waals surface area contributed by atoms with Crippen molar-refractivity contribution in [1.82, 2.24) is 4.90 Å². The molecule has 0 saturated carbocycles. The lowest BCUT2D eigenvalue weighted by molar-refractivity contribution is -0.0912. The number of hydrogen-bond donors (Lipinski definition) is 1. The van der Waals surface area contributed by atoms with Crippen LogP contribution in [0, 0.1) is 0 Å². The van der Waals surface area contributed by atoms with Crippen molar-refractivity contribution in [3.63, 3.8) is 0 Å². The molecule has 2 fully saturated rings. The molecule has 0 amide bonds. The fraction of sp³-hybridized carbons (Fsp3) is 1.00. The van der Waals surface area contributed by atoms with Crippen molar-refractivity contribution in [2.75, 3.05) is 26.7 Å². The summed E-state index contributed by atoms with van der Waals surface area (Å²) < 4.78 is 5.67. The average molecular weight is 171 g/mol. The third-order valence-electron chi connectivity index (χ3n) is 3.22. The zero-order valence-electron chi connectivity index (χ0n) is 7.62. The Kier molecular flexibility index (Phi) is 2.10. The molecule has 1 N–H and O–H groups in total. The maximum absolute atomic E-state index is 9.75. The second kappa shape index (κ2) is 2.98. The summed E-state index contributed by atoms with van der Waals surface area (Å²) in [6, 6.07) is 0. The molecule has 2 aliphatic heterocycles. The topological polar surface area (TPSA) is 32.7 Å². The summed E-state index contributed by atoms with van der Waals surface area (Å²) in [6.45, 7) is 2.85. The standard InChI is InChI=1S/C9H17NO2/c1-10-5-3-9(4-6-10)8(11)2-7-12-9/h8,11H,2-7H2,1H3. The maximum atomic E-state index is 9.75. The van der Waals surface area contributed by atoms with E-state index in [9.17, 15) is 5.11 Å². The highest BCUT2D eigenvalue weighted by Gasteiger charge is 2.44. The SMILES string of the molecule is CN1CCC2(CC1)OCCC2O. The van der Waals surface area contributed by atoms with Crippen LogP contribution in [0.25, 0.3) is 0 Å². The van der Waals surface area contributed by atoms with E-state index in [0.717, 1.165) is 39.0 Å². The summed E-state index contributed by atoms with van der Waals surface area (Å²) in [6.07, 6.45) is 2.59. The second-order valence-corrected chi connectivity index (χ2v) is 4.02. The summed E-state index contributed by atoms with van der Waals surface area (Å²) in [5.74, 6) is 0. The first-order chi connectivity index (χ1) is 5.73. The lowest BCUT2D eigenvalue weighted by Crippen LogP contribution is -2.48. The Labute approximate surface area is 73.3 Å². The first-order valence-electron chi connectivity index (χ1n) is 4.73. The van der Waals surface area contributed by atoms with E-state index in [2.05, 4.69) is 11.9 Å². The number of likely N-dealkylation sites (tertiary alicyclic amines) is 1. The molecule has 0 aromatic rings. The minimum Gasteiger partial charge on any atom is -0.390 e. The van der Waals surface area contributed by atoms with E-state index in [1.807, 2.05) is 0 Å². The van der Waals surface area contributed by atoms with Gasteiger partial charge in [0.1, 0.15) is 0 Å². The molecule has 1 unspecified atom stereocenters. The van der Waals surface area contributed by atoms with Gasteiger partial charge < -0.3 is 14.7 Å². The van der Waals surface area contributed by atoms with Crippen LogP contribution in [0.1, 0.15) is 19.3 Å². The van der Waals surface area contributed by atoms with Gasteiger partial charge in [-0.3, -0.25) is 0 Å². The van der Waals surface area contributed by atoms with Crippen molar-refractivity contribution in [3.8, 4) is 0 Å². The fourth-order valence-corrected chi connectivity index (χ4v) is 2.21. The minimum absolute atomic E-state index is 0.174. The third kappa shape index (κ3) is 1.26. The fourth-order valence-electron chi connectivity index (χ4n) is 2.21. The largest absolute Gasteiger partial charge is 0.390 e. The van der Waals surface area contributed by atoms with Crippen LogP contribution in [0.15, 0.2) is 0 Å². The van der Waals surface area contributed by atoms with Crippen molar-refractivity contribution in [3.05, 3.63) is 0 Å². The highest BCUT2D eigenvalue weighted by atomic mass is 16.5. The molecule has 0 bridgehead atoms. The molecule has 3 heteroatoms. The van der Waals surface area contributed by atoms with E-state index in [1.54, 1.807) is 0 Å². The molecular formula is C9H17NO2. The lowest BCUT2D eigenvalue weighted by Gasteiger charge is -2.39. The van der Waals surface area contributed by atoms with E-state index in [0.29, 0.717) is 0 Å². The van der Waals surface area contributed by atoms with Gasteiger partial charge in [0.25, 0.3) is 0 Å². The zero-order valence-corrected chi connectivity index (χ0v) is 7.62. The monoisotopic (exact) mass is 171 g/mol. The molecule has 0 aromatic heterocycles. The van der Waals surface area contributed by atoms with Crippen LogP contribution in [0.4, 0.5) is 0 Å². The number of aliphatic hydroxyl groups excluding tert-OH is 1. The van der Waals surface area contributed by atoms with E-state index in [4.69, 9.17) is 4.74 Å². The van der Waals surface area contributed by atoms with Gasteiger partial charge >= 0.3 is 0 Å². The Balaban J connectivity index is 2.02. The maximum Gasteiger partial charge on any atom is 0.0965 e. The molecule has 1 spiro atoms. The number of aliphatic hydroxyl groups is 1. The lowest BCUT2D eigenvalue weighted by atomic mass is 9.86. The van der Waals surface area contributed by atoms with E-state index >= 15 is 0 Å². The van der Waals surface area contributed by atoms with Crippen LogP contribution >= 0.6 is 0 Å². The van der Waals surface area contributed by atoms with Gasteiger partial charge in [0.05, 0.1) is 18.3 Å². The summed E-state index contributed by atoms with van der Waals surface area (Å²) in [5.41, 5.74) is -0.174. The summed E-state index contributed by atoms with van der Waals surface area (Å²) in [4.78, 5) is 2.29. The van der Waals surface area contributed by atoms with Crippen LogP contribution in [0.2, 0.25) is 0 Å². The summed E-state index contributed by atoms with van der Waals surface area (Å²) in [5, 5.41) is 9.75. The second-order valence-electron chi connectivity index (χ2n) is 4.02. The van der Waals surface area contributed by atoms with Crippen LogP contribution in [-0.2, 0) is 4.74 Å². The zero-order chi connectivity index (χ0) is 8.60. The molecule has 2 saturated heterocycles. The molecule has 3 nitrogen and oxygen atoms in total. The molecule has 2 aliphatic rings. The van der Waals surface area contributed by atoms with Gasteiger partial charge in [0, 0.05) is 13.1 Å². The molecule has 2 heterocycles. The van der Waals surface area contributed by atoms with E-state index in [1.165, 1.54) is 0 Å². The van der Waals surface area contributed by atoms with Gasteiger partial charge in [-0.15, -0.1) is 0 Å². The van der Waals surface area contributed by atoms with Crippen LogP contribution in [-0.4, -0.2) is 48.5 Å². The van der Waals surface area contributed by atoms with E-state index in [-0.39, 0.29) is 11.7 Å². The molecule has 12 heavy (non-hydrogen) atoms. The normalized spacial score (nSPS) is 36.0. The van der Waals surface area contributed by atoms with Crippen molar-refractivity contribution >= 4 is 0 Å². The van der Waals surface area contributed by atoms with Gasteiger partial charge in [-0.25, -0.2) is 0 Å². The minimum atomic E-state index is -0.216. The van der Waals surface area contributed by atoms with Crippen LogP contribution in [0.3, 0.4) is 0 Å². The predicted octanol–water partition coefficient (Wildman–Crippen LogP) is 0.232. The Morgan fingerprint density at radius 3 is 2.58 bits per heavy atom. The number of nitrogens with zero attached hydrogens (tertiary/aromatic N) is 1. The van der Waals surface area contributed by atoms with Gasteiger partial charge in [0.15, 0.2) is 0 Å². The van der Waals surface area contributed by atoms with Crippen molar-refractivity contribution in [1.29, 1.82) is 0 Å².